The molecule has 3 atom stereocenters. The van der Waals surface area contributed by atoms with Crippen LogP contribution in [-0.4, -0.2) is 50.9 Å². The quantitative estimate of drug-likeness (QED) is 0.566. The average molecular weight is 473 g/mol. The van der Waals surface area contributed by atoms with E-state index in [1.165, 1.54) is 0 Å². The molecule has 2 bridgehead atoms. The van der Waals surface area contributed by atoms with Gasteiger partial charge in [0.25, 0.3) is 11.5 Å². The van der Waals surface area contributed by atoms with Gasteiger partial charge < -0.3 is 19.9 Å². The van der Waals surface area contributed by atoms with Gasteiger partial charge in [-0.2, -0.15) is 10.4 Å². The van der Waals surface area contributed by atoms with Crippen molar-refractivity contribution in [3.05, 3.63) is 51.9 Å². The highest BCUT2D eigenvalue weighted by Gasteiger charge is 2.36. The molecular formula is C26H28N6O3. The monoisotopic (exact) mass is 472 g/mol. The second-order valence-electron chi connectivity index (χ2n) is 9.95. The van der Waals surface area contributed by atoms with E-state index in [9.17, 15) is 14.9 Å². The fourth-order valence-electron chi connectivity index (χ4n) is 5.54. The van der Waals surface area contributed by atoms with E-state index < -0.39 is 0 Å². The normalized spacial score (nSPS) is 22.2. The lowest BCUT2D eigenvalue weighted by molar-refractivity contribution is -0.0303. The number of aromatic nitrogens is 3. The zero-order chi connectivity index (χ0) is 24.1. The summed E-state index contributed by atoms with van der Waals surface area (Å²) in [6.07, 6.45) is 6.45. The van der Waals surface area contributed by atoms with Crippen LogP contribution in [0.15, 0.2) is 35.3 Å². The third kappa shape index (κ3) is 3.98. The number of benzene rings is 1. The molecular weight excluding hydrogens is 444 g/mol. The number of carbonyl (C=O) groups excluding carboxylic acids is 1. The number of hydrogen-bond donors (Lipinski definition) is 2. The van der Waals surface area contributed by atoms with E-state index in [1.807, 2.05) is 40.8 Å². The van der Waals surface area contributed by atoms with E-state index in [0.29, 0.717) is 47.7 Å². The van der Waals surface area contributed by atoms with Crippen molar-refractivity contribution in [2.75, 3.05) is 18.4 Å². The summed E-state index contributed by atoms with van der Waals surface area (Å²) in [5, 5.41) is 17.9. The highest BCUT2D eigenvalue weighted by atomic mass is 16.5. The van der Waals surface area contributed by atoms with Crippen LogP contribution in [0.1, 0.15) is 54.1 Å². The fraction of sp³-hybridized carbons (Fsp3) is 0.462. The van der Waals surface area contributed by atoms with Crippen LogP contribution in [0.5, 0.6) is 0 Å². The van der Waals surface area contributed by atoms with Crippen LogP contribution in [0.2, 0.25) is 0 Å². The lowest BCUT2D eigenvalue weighted by Crippen LogP contribution is -2.46. The number of pyridine rings is 1. The Morgan fingerprint density at radius 3 is 2.71 bits per heavy atom. The summed E-state index contributed by atoms with van der Waals surface area (Å²) < 4.78 is 7.71. The molecule has 9 heteroatoms. The summed E-state index contributed by atoms with van der Waals surface area (Å²) >= 11 is 0. The summed E-state index contributed by atoms with van der Waals surface area (Å²) in [5.74, 6) is 0.894. The lowest BCUT2D eigenvalue weighted by atomic mass is 10.1. The number of likely N-dealkylation sites (tertiary alicyclic amines) is 1. The number of anilines is 2. The number of morpholine rings is 1. The van der Waals surface area contributed by atoms with Crippen molar-refractivity contribution < 1.29 is 9.53 Å². The van der Waals surface area contributed by atoms with E-state index in [4.69, 9.17) is 9.84 Å². The predicted molar refractivity (Wildman–Crippen MR) is 131 cm³/mol. The second kappa shape index (κ2) is 8.54. The summed E-state index contributed by atoms with van der Waals surface area (Å²) in [6, 6.07) is 9.67. The lowest BCUT2D eigenvalue weighted by Gasteiger charge is -2.32. The SMILES string of the molecule is Cc1cc(Nc2nn(C(CC#N)C3CC3)c3cc[nH]c(=O)c23)ccc1C(=O)N1C[C@H]2CC[C@@H](C1)O2. The van der Waals surface area contributed by atoms with E-state index in [2.05, 4.69) is 16.4 Å². The number of ether oxygens (including phenoxy) is 1. The predicted octanol–water partition coefficient (Wildman–Crippen LogP) is 3.64. The highest BCUT2D eigenvalue weighted by molar-refractivity contribution is 5.97. The van der Waals surface area contributed by atoms with Crippen LogP contribution in [0, 0.1) is 24.2 Å². The molecule has 4 heterocycles. The van der Waals surface area contributed by atoms with Crippen LogP contribution in [0.3, 0.4) is 0 Å². The van der Waals surface area contributed by atoms with Crippen LogP contribution in [-0.2, 0) is 4.74 Å². The molecule has 0 radical (unpaired) electrons. The largest absolute Gasteiger partial charge is 0.371 e. The van der Waals surface area contributed by atoms with Gasteiger partial charge in [0.05, 0.1) is 36.3 Å². The Balaban J connectivity index is 1.29. The summed E-state index contributed by atoms with van der Waals surface area (Å²) in [4.78, 5) is 30.6. The molecule has 180 valence electrons. The Labute approximate surface area is 202 Å². The number of amides is 1. The third-order valence-corrected chi connectivity index (χ3v) is 7.46. The number of nitrogens with zero attached hydrogens (tertiary/aromatic N) is 4. The number of hydrogen-bond acceptors (Lipinski definition) is 6. The van der Waals surface area contributed by atoms with Crippen LogP contribution < -0.4 is 10.9 Å². The Bertz CT molecular complexity index is 1390. The van der Waals surface area contributed by atoms with Gasteiger partial charge in [-0.15, -0.1) is 0 Å². The van der Waals surface area contributed by atoms with Gasteiger partial charge >= 0.3 is 0 Å². The van der Waals surface area contributed by atoms with Gasteiger partial charge in [-0.05, 0) is 68.4 Å². The van der Waals surface area contributed by atoms with Gasteiger partial charge in [0.2, 0.25) is 0 Å². The Hall–Kier alpha value is -3.64. The number of fused-ring (bicyclic) bond motifs is 3. The van der Waals surface area contributed by atoms with Gasteiger partial charge in [-0.25, -0.2) is 0 Å². The van der Waals surface area contributed by atoms with Gasteiger partial charge in [0, 0.05) is 30.5 Å². The molecule has 1 saturated carbocycles. The molecule has 1 aromatic carbocycles. The second-order valence-corrected chi connectivity index (χ2v) is 9.95. The molecule has 9 nitrogen and oxygen atoms in total. The fourth-order valence-corrected chi connectivity index (χ4v) is 5.54. The van der Waals surface area contributed by atoms with Crippen LogP contribution in [0.25, 0.3) is 10.9 Å². The first-order valence-corrected chi connectivity index (χ1v) is 12.3. The summed E-state index contributed by atoms with van der Waals surface area (Å²) in [5.41, 5.74) is 2.77. The number of nitrogens with one attached hydrogen (secondary N) is 2. The molecule has 3 aliphatic rings. The van der Waals surface area contributed by atoms with Crippen molar-refractivity contribution in [2.24, 2.45) is 5.92 Å². The molecule has 35 heavy (non-hydrogen) atoms. The van der Waals surface area contributed by atoms with Gasteiger partial charge in [-0.1, -0.05) is 0 Å². The Morgan fingerprint density at radius 2 is 2.03 bits per heavy atom. The van der Waals surface area contributed by atoms with Crippen LogP contribution >= 0.6 is 0 Å². The van der Waals surface area contributed by atoms with E-state index in [0.717, 1.165) is 36.9 Å². The minimum absolute atomic E-state index is 0.0317. The molecule has 1 unspecified atom stereocenters. The number of nitriles is 1. The standard InChI is InChI=1S/C26H28N6O3/c1-15-12-17(4-7-20(15)26(34)31-13-18-5-6-19(14-31)35-18)29-24-23-22(9-11-28-25(23)33)32(30-24)21(8-10-27)16-2-3-16/h4,7,9,11-12,16,18-19,21H,2-3,5-6,8,13-14H2,1H3,(H,28,33)(H,29,30)/t18-,19+,21?. The molecule has 2 aromatic heterocycles. The zero-order valence-corrected chi connectivity index (χ0v) is 19.7. The highest BCUT2D eigenvalue weighted by Crippen LogP contribution is 2.43. The van der Waals surface area contributed by atoms with Crippen molar-refractivity contribution in [1.29, 1.82) is 5.26 Å². The first kappa shape index (κ1) is 21.9. The first-order chi connectivity index (χ1) is 17.0. The maximum Gasteiger partial charge on any atom is 0.261 e. The maximum absolute atomic E-state index is 13.2. The van der Waals surface area contributed by atoms with E-state index in [1.54, 1.807) is 6.20 Å². The minimum Gasteiger partial charge on any atom is -0.371 e. The molecule has 3 fully saturated rings. The van der Waals surface area contributed by atoms with Gasteiger partial charge in [0.1, 0.15) is 5.39 Å². The van der Waals surface area contributed by atoms with Crippen molar-refractivity contribution in [1.82, 2.24) is 19.7 Å². The van der Waals surface area contributed by atoms with Crippen molar-refractivity contribution in [2.45, 2.75) is 57.3 Å². The van der Waals surface area contributed by atoms with E-state index >= 15 is 0 Å². The molecule has 2 aliphatic heterocycles. The van der Waals surface area contributed by atoms with Gasteiger partial charge in [0.15, 0.2) is 5.82 Å². The number of carbonyl (C=O) groups is 1. The smallest absolute Gasteiger partial charge is 0.261 e. The average Bonchev–Trinajstić information content (AvgIpc) is 3.55. The topological polar surface area (TPSA) is 116 Å². The molecule has 2 N–H and O–H groups in total. The third-order valence-electron chi connectivity index (χ3n) is 7.46. The summed E-state index contributed by atoms with van der Waals surface area (Å²) in [7, 11) is 0. The number of aromatic amines is 1. The molecule has 3 aromatic rings. The maximum atomic E-state index is 13.2. The summed E-state index contributed by atoms with van der Waals surface area (Å²) in [6.45, 7) is 3.21. The van der Waals surface area contributed by atoms with Crippen LogP contribution in [0.4, 0.5) is 11.5 Å². The Morgan fingerprint density at radius 1 is 1.26 bits per heavy atom. The first-order valence-electron chi connectivity index (χ1n) is 12.3. The van der Waals surface area contributed by atoms with E-state index in [-0.39, 0.29) is 29.7 Å². The molecule has 2 saturated heterocycles. The number of aryl methyl sites for hydroxylation is 1. The van der Waals surface area contributed by atoms with Gasteiger partial charge in [-0.3, -0.25) is 14.3 Å². The zero-order valence-electron chi connectivity index (χ0n) is 19.7. The number of rotatable bonds is 6. The molecule has 6 rings (SSSR count). The molecule has 1 amide bonds. The van der Waals surface area contributed by atoms with Crippen molar-refractivity contribution in [3.8, 4) is 6.07 Å². The molecule has 1 aliphatic carbocycles. The van der Waals surface area contributed by atoms with Crippen molar-refractivity contribution >= 4 is 28.3 Å². The van der Waals surface area contributed by atoms with Crippen molar-refractivity contribution in [3.63, 3.8) is 0 Å². The minimum atomic E-state index is -0.228. The Kier molecular flexibility index (Phi) is 5.33. The number of H-pyrrole nitrogens is 1. The molecule has 0 spiro atoms.